The zero-order valence-corrected chi connectivity index (χ0v) is 16.3. The molecule has 1 N–H and O–H groups in total. The minimum atomic E-state index is -0.330. The van der Waals surface area contributed by atoms with Gasteiger partial charge >= 0.3 is 0 Å². The van der Waals surface area contributed by atoms with E-state index in [1.807, 2.05) is 36.9 Å². The highest BCUT2D eigenvalue weighted by molar-refractivity contribution is 9.10. The predicted molar refractivity (Wildman–Crippen MR) is 104 cm³/mol. The highest BCUT2D eigenvalue weighted by Gasteiger charge is 2.15. The van der Waals surface area contributed by atoms with Crippen LogP contribution < -0.4 is 5.32 Å². The molecule has 0 fully saturated rings. The second kappa shape index (κ2) is 7.58. The van der Waals surface area contributed by atoms with Gasteiger partial charge in [0.15, 0.2) is 0 Å². The molecule has 0 aliphatic rings. The van der Waals surface area contributed by atoms with Crippen LogP contribution >= 0.6 is 27.5 Å². The Bertz CT molecular complexity index is 908. The van der Waals surface area contributed by atoms with Crippen LogP contribution in [0.2, 0.25) is 5.02 Å². The number of hydrogen-bond donors (Lipinski definition) is 1. The Morgan fingerprint density at radius 1 is 1.20 bits per heavy atom. The molecule has 0 aliphatic heterocycles. The molecule has 1 heterocycles. The molecule has 130 valence electrons. The van der Waals surface area contributed by atoms with Gasteiger partial charge in [-0.15, -0.1) is 0 Å². The van der Waals surface area contributed by atoms with Crippen LogP contribution in [0.4, 0.5) is 10.2 Å². The zero-order valence-electron chi connectivity index (χ0n) is 14.0. The summed E-state index contributed by atoms with van der Waals surface area (Å²) in [5.74, 6) is 0.609. The Morgan fingerprint density at radius 3 is 2.68 bits per heavy atom. The largest absolute Gasteiger partial charge is 0.366 e. The SMILES string of the molecule is Cc1nn(C)c(NCc2ccccc2Br)c1Cc1ccc(F)cc1Cl. The molecule has 1 aromatic heterocycles. The van der Waals surface area contributed by atoms with Gasteiger partial charge in [0.25, 0.3) is 0 Å². The fourth-order valence-electron chi connectivity index (χ4n) is 2.81. The maximum Gasteiger partial charge on any atom is 0.128 e. The topological polar surface area (TPSA) is 29.9 Å². The summed E-state index contributed by atoms with van der Waals surface area (Å²) in [5, 5.41) is 8.41. The zero-order chi connectivity index (χ0) is 18.0. The van der Waals surface area contributed by atoms with Gasteiger partial charge in [-0.1, -0.05) is 51.8 Å². The van der Waals surface area contributed by atoms with Crippen molar-refractivity contribution in [2.45, 2.75) is 19.9 Å². The third kappa shape index (κ3) is 4.05. The van der Waals surface area contributed by atoms with E-state index >= 15 is 0 Å². The van der Waals surface area contributed by atoms with E-state index < -0.39 is 0 Å². The average molecular weight is 423 g/mol. The summed E-state index contributed by atoms with van der Waals surface area (Å²) in [6.45, 7) is 2.64. The molecule has 25 heavy (non-hydrogen) atoms. The van der Waals surface area contributed by atoms with E-state index in [9.17, 15) is 4.39 Å². The van der Waals surface area contributed by atoms with Crippen LogP contribution in [-0.2, 0) is 20.0 Å². The van der Waals surface area contributed by atoms with Gasteiger partial charge in [-0.05, 0) is 36.2 Å². The fourth-order valence-corrected chi connectivity index (χ4v) is 3.47. The highest BCUT2D eigenvalue weighted by atomic mass is 79.9. The molecule has 3 nitrogen and oxygen atoms in total. The van der Waals surface area contributed by atoms with Crippen molar-refractivity contribution in [2.24, 2.45) is 7.05 Å². The Labute approximate surface area is 159 Å². The van der Waals surface area contributed by atoms with Crippen molar-refractivity contribution >= 4 is 33.3 Å². The van der Waals surface area contributed by atoms with Crippen molar-refractivity contribution in [1.29, 1.82) is 0 Å². The van der Waals surface area contributed by atoms with Gasteiger partial charge in [-0.2, -0.15) is 5.10 Å². The summed E-state index contributed by atoms with van der Waals surface area (Å²) in [5.41, 5.74) is 4.02. The second-order valence-electron chi connectivity index (χ2n) is 5.89. The first-order chi connectivity index (χ1) is 12.0. The average Bonchev–Trinajstić information content (AvgIpc) is 2.83. The first-order valence-electron chi connectivity index (χ1n) is 7.89. The molecule has 6 heteroatoms. The minimum Gasteiger partial charge on any atom is -0.366 e. The molecule has 0 atom stereocenters. The van der Waals surface area contributed by atoms with Crippen LogP contribution in [0.5, 0.6) is 0 Å². The van der Waals surface area contributed by atoms with Gasteiger partial charge in [-0.3, -0.25) is 4.68 Å². The summed E-state index contributed by atoms with van der Waals surface area (Å²) >= 11 is 9.76. The Morgan fingerprint density at radius 2 is 1.96 bits per heavy atom. The highest BCUT2D eigenvalue weighted by Crippen LogP contribution is 2.27. The molecule has 0 unspecified atom stereocenters. The second-order valence-corrected chi connectivity index (χ2v) is 7.16. The number of anilines is 1. The van der Waals surface area contributed by atoms with Crippen molar-refractivity contribution in [3.63, 3.8) is 0 Å². The summed E-state index contributed by atoms with van der Waals surface area (Å²) < 4.78 is 16.2. The van der Waals surface area contributed by atoms with Gasteiger partial charge in [0.2, 0.25) is 0 Å². The Hall–Kier alpha value is -1.85. The first-order valence-corrected chi connectivity index (χ1v) is 9.06. The van der Waals surface area contributed by atoms with Crippen LogP contribution in [0.1, 0.15) is 22.4 Å². The molecule has 0 spiro atoms. The van der Waals surface area contributed by atoms with Gasteiger partial charge in [0, 0.05) is 35.1 Å². The lowest BCUT2D eigenvalue weighted by atomic mass is 10.0. The van der Waals surface area contributed by atoms with Crippen molar-refractivity contribution in [1.82, 2.24) is 9.78 Å². The standard InChI is InChI=1S/C19H18BrClFN3/c1-12-16(9-13-7-8-15(22)10-18(13)21)19(25(2)24-12)23-11-14-5-3-4-6-17(14)20/h3-8,10,23H,9,11H2,1-2H3. The normalized spacial score (nSPS) is 10.9. The quantitative estimate of drug-likeness (QED) is 0.589. The van der Waals surface area contributed by atoms with E-state index in [2.05, 4.69) is 32.4 Å². The molecular formula is C19H18BrClFN3. The van der Waals surface area contributed by atoms with Gasteiger partial charge in [0.1, 0.15) is 11.6 Å². The van der Waals surface area contributed by atoms with E-state index in [0.29, 0.717) is 18.0 Å². The summed E-state index contributed by atoms with van der Waals surface area (Å²) in [6, 6.07) is 12.6. The Balaban J connectivity index is 1.86. The van der Waals surface area contributed by atoms with Crippen LogP contribution in [0, 0.1) is 12.7 Å². The van der Waals surface area contributed by atoms with Gasteiger partial charge in [-0.25, -0.2) is 4.39 Å². The smallest absolute Gasteiger partial charge is 0.128 e. The molecule has 0 aliphatic carbocycles. The molecule has 0 bridgehead atoms. The number of aryl methyl sites for hydroxylation is 2. The lowest BCUT2D eigenvalue weighted by Gasteiger charge is -2.12. The van der Waals surface area contributed by atoms with Crippen LogP contribution in [0.25, 0.3) is 0 Å². The molecule has 0 saturated carbocycles. The summed E-state index contributed by atoms with van der Waals surface area (Å²) in [7, 11) is 1.91. The van der Waals surface area contributed by atoms with Gasteiger partial charge in [0.05, 0.1) is 5.69 Å². The molecule has 3 aromatic rings. The predicted octanol–water partition coefficient (Wildman–Crippen LogP) is 5.49. The van der Waals surface area contributed by atoms with E-state index in [1.165, 1.54) is 12.1 Å². The number of hydrogen-bond acceptors (Lipinski definition) is 2. The molecular weight excluding hydrogens is 405 g/mol. The first kappa shape index (κ1) is 18.0. The number of aromatic nitrogens is 2. The molecule has 0 radical (unpaired) electrons. The fraction of sp³-hybridized carbons (Fsp3) is 0.211. The maximum absolute atomic E-state index is 13.3. The van der Waals surface area contributed by atoms with Crippen LogP contribution in [0.3, 0.4) is 0 Å². The number of nitrogens with zero attached hydrogens (tertiary/aromatic N) is 2. The van der Waals surface area contributed by atoms with E-state index in [-0.39, 0.29) is 5.82 Å². The summed E-state index contributed by atoms with van der Waals surface area (Å²) in [6.07, 6.45) is 0.594. The van der Waals surface area contributed by atoms with Crippen LogP contribution in [0.15, 0.2) is 46.9 Å². The van der Waals surface area contributed by atoms with Crippen molar-refractivity contribution < 1.29 is 4.39 Å². The van der Waals surface area contributed by atoms with Crippen molar-refractivity contribution in [3.8, 4) is 0 Å². The lowest BCUT2D eigenvalue weighted by molar-refractivity contribution is 0.627. The lowest BCUT2D eigenvalue weighted by Crippen LogP contribution is -2.07. The van der Waals surface area contributed by atoms with Gasteiger partial charge < -0.3 is 5.32 Å². The molecule has 2 aromatic carbocycles. The van der Waals surface area contributed by atoms with Crippen molar-refractivity contribution in [2.75, 3.05) is 5.32 Å². The third-order valence-corrected chi connectivity index (χ3v) is 5.26. The van der Waals surface area contributed by atoms with Crippen molar-refractivity contribution in [3.05, 3.63) is 80.2 Å². The van der Waals surface area contributed by atoms with Crippen LogP contribution in [-0.4, -0.2) is 9.78 Å². The number of halogens is 3. The molecule has 0 amide bonds. The third-order valence-electron chi connectivity index (χ3n) is 4.13. The van der Waals surface area contributed by atoms with E-state index in [0.717, 1.165) is 32.7 Å². The van der Waals surface area contributed by atoms with E-state index in [1.54, 1.807) is 6.07 Å². The monoisotopic (exact) mass is 421 g/mol. The van der Waals surface area contributed by atoms with E-state index in [4.69, 9.17) is 11.6 Å². The summed E-state index contributed by atoms with van der Waals surface area (Å²) in [4.78, 5) is 0. The molecule has 0 saturated heterocycles. The maximum atomic E-state index is 13.3. The number of rotatable bonds is 5. The number of nitrogens with one attached hydrogen (secondary N) is 1. The molecule has 3 rings (SSSR count). The minimum absolute atomic E-state index is 0.330. The number of benzene rings is 2. The Kier molecular flexibility index (Phi) is 5.45.